The molecule has 0 aliphatic carbocycles. The fourth-order valence-corrected chi connectivity index (χ4v) is 3.45. The lowest BCUT2D eigenvalue weighted by atomic mass is 10.1. The summed E-state index contributed by atoms with van der Waals surface area (Å²) in [5.74, 6) is 0. The van der Waals surface area contributed by atoms with E-state index >= 15 is 0 Å². The molecule has 4 heteroatoms. The predicted molar refractivity (Wildman–Crippen MR) is 87.9 cm³/mol. The first-order valence-corrected chi connectivity index (χ1v) is 7.96. The van der Waals surface area contributed by atoms with Gasteiger partial charge in [-0.2, -0.15) is 0 Å². The van der Waals surface area contributed by atoms with Crippen molar-refractivity contribution in [2.45, 2.75) is 19.5 Å². The second-order valence-electron chi connectivity index (χ2n) is 4.93. The number of nitrogens with one attached hydrogen (secondary N) is 1. The molecule has 1 N–H and O–H groups in total. The zero-order valence-corrected chi connectivity index (χ0v) is 13.9. The highest BCUT2D eigenvalue weighted by molar-refractivity contribution is 9.10. The van der Waals surface area contributed by atoms with Gasteiger partial charge in [-0.25, -0.2) is 0 Å². The highest BCUT2D eigenvalue weighted by Gasteiger charge is 2.10. The van der Waals surface area contributed by atoms with Gasteiger partial charge in [0.2, 0.25) is 0 Å². The molecule has 19 heavy (non-hydrogen) atoms. The molecule has 1 aromatic heterocycles. The van der Waals surface area contributed by atoms with Crippen molar-refractivity contribution in [1.82, 2.24) is 4.90 Å². The zero-order valence-electron chi connectivity index (χ0n) is 11.5. The molecule has 0 radical (unpaired) electrons. The van der Waals surface area contributed by atoms with E-state index in [9.17, 15) is 0 Å². The van der Waals surface area contributed by atoms with Crippen molar-refractivity contribution in [2.75, 3.05) is 19.4 Å². The van der Waals surface area contributed by atoms with Gasteiger partial charge in [-0.15, -0.1) is 11.3 Å². The average Bonchev–Trinajstić information content (AvgIpc) is 2.78. The highest BCUT2D eigenvalue weighted by Crippen LogP contribution is 2.29. The number of nitrogens with zero attached hydrogens (tertiary/aromatic N) is 1. The van der Waals surface area contributed by atoms with Crippen molar-refractivity contribution in [3.8, 4) is 0 Å². The summed E-state index contributed by atoms with van der Waals surface area (Å²) in [5.41, 5.74) is 2.54. The van der Waals surface area contributed by atoms with Crippen molar-refractivity contribution in [2.24, 2.45) is 0 Å². The molecule has 0 aliphatic rings. The molecule has 102 valence electrons. The molecule has 0 amide bonds. The molecule has 1 unspecified atom stereocenters. The largest absolute Gasteiger partial charge is 0.377 e. The van der Waals surface area contributed by atoms with Crippen LogP contribution in [-0.4, -0.2) is 19.0 Å². The minimum Gasteiger partial charge on any atom is -0.377 e. The van der Waals surface area contributed by atoms with Gasteiger partial charge in [-0.05, 0) is 54.6 Å². The van der Waals surface area contributed by atoms with E-state index in [2.05, 4.69) is 82.9 Å². The fraction of sp³-hybridized carbons (Fsp3) is 0.333. The third-order valence-corrected chi connectivity index (χ3v) is 4.77. The molecule has 2 nitrogen and oxygen atoms in total. The summed E-state index contributed by atoms with van der Waals surface area (Å²) in [4.78, 5) is 3.53. The van der Waals surface area contributed by atoms with Crippen LogP contribution in [0.5, 0.6) is 0 Å². The van der Waals surface area contributed by atoms with E-state index in [-0.39, 0.29) is 0 Å². The Morgan fingerprint density at radius 3 is 2.68 bits per heavy atom. The van der Waals surface area contributed by atoms with Crippen molar-refractivity contribution in [3.63, 3.8) is 0 Å². The van der Waals surface area contributed by atoms with E-state index in [1.54, 1.807) is 11.3 Å². The molecule has 0 bridgehead atoms. The minimum atomic E-state index is 0.319. The normalized spacial score (nSPS) is 12.7. The summed E-state index contributed by atoms with van der Waals surface area (Å²) >= 11 is 5.29. The number of para-hydroxylation sites is 1. The van der Waals surface area contributed by atoms with Crippen LogP contribution in [0.3, 0.4) is 0 Å². The highest BCUT2D eigenvalue weighted by atomic mass is 79.9. The van der Waals surface area contributed by atoms with Crippen LogP contribution in [0.1, 0.15) is 23.4 Å². The first-order valence-electron chi connectivity index (χ1n) is 6.29. The van der Waals surface area contributed by atoms with Gasteiger partial charge in [0.25, 0.3) is 0 Å². The van der Waals surface area contributed by atoms with Gasteiger partial charge in [-0.1, -0.05) is 18.2 Å². The SMILES string of the molecule is CC(Nc1ccccc1CN(C)C)c1cc(Br)cs1. The van der Waals surface area contributed by atoms with Crippen molar-refractivity contribution < 1.29 is 0 Å². The smallest absolute Gasteiger partial charge is 0.0578 e. The van der Waals surface area contributed by atoms with E-state index in [0.717, 1.165) is 11.0 Å². The Labute approximate surface area is 127 Å². The lowest BCUT2D eigenvalue weighted by Gasteiger charge is -2.19. The van der Waals surface area contributed by atoms with E-state index in [0.29, 0.717) is 6.04 Å². The lowest BCUT2D eigenvalue weighted by molar-refractivity contribution is 0.403. The molecule has 0 saturated heterocycles. The quantitative estimate of drug-likeness (QED) is 0.846. The minimum absolute atomic E-state index is 0.319. The number of rotatable bonds is 5. The maximum atomic E-state index is 3.61. The summed E-state index contributed by atoms with van der Waals surface area (Å²) in [6, 6.07) is 11.0. The molecule has 0 fully saturated rings. The van der Waals surface area contributed by atoms with Gasteiger partial charge in [0.05, 0.1) is 6.04 Å². The Balaban J connectivity index is 2.14. The van der Waals surface area contributed by atoms with Gasteiger partial charge in [0.15, 0.2) is 0 Å². The first-order chi connectivity index (χ1) is 9.06. The Kier molecular flexibility index (Phi) is 5.02. The Bertz CT molecular complexity index is 536. The van der Waals surface area contributed by atoms with Crippen molar-refractivity contribution in [1.29, 1.82) is 0 Å². The number of hydrogen-bond donors (Lipinski definition) is 1. The fourth-order valence-electron chi connectivity index (χ4n) is 2.00. The van der Waals surface area contributed by atoms with E-state index in [4.69, 9.17) is 0 Å². The third-order valence-electron chi connectivity index (χ3n) is 2.89. The standard InChI is InChI=1S/C15H19BrN2S/c1-11(15-8-13(16)10-19-15)17-14-7-5-4-6-12(14)9-18(2)3/h4-8,10-11,17H,9H2,1-3H3. The molecular weight excluding hydrogens is 320 g/mol. The van der Waals surface area contributed by atoms with Crippen molar-refractivity contribution >= 4 is 33.0 Å². The summed E-state index contributed by atoms with van der Waals surface area (Å²) in [6.45, 7) is 3.15. The summed E-state index contributed by atoms with van der Waals surface area (Å²) < 4.78 is 1.16. The maximum absolute atomic E-state index is 3.61. The Hall–Kier alpha value is -0.840. The maximum Gasteiger partial charge on any atom is 0.0578 e. The summed E-state index contributed by atoms with van der Waals surface area (Å²) in [7, 11) is 4.19. The van der Waals surface area contributed by atoms with Gasteiger partial charge < -0.3 is 10.2 Å². The molecule has 2 aromatic rings. The van der Waals surface area contributed by atoms with Crippen LogP contribution < -0.4 is 5.32 Å². The molecule has 1 aromatic carbocycles. The van der Waals surface area contributed by atoms with Gasteiger partial charge in [0, 0.05) is 27.0 Å². The second kappa shape index (κ2) is 6.55. The van der Waals surface area contributed by atoms with Crippen LogP contribution >= 0.6 is 27.3 Å². The topological polar surface area (TPSA) is 15.3 Å². The lowest BCUT2D eigenvalue weighted by Crippen LogP contribution is -2.14. The summed E-state index contributed by atoms with van der Waals surface area (Å²) in [6.07, 6.45) is 0. The first kappa shape index (κ1) is 14.6. The van der Waals surface area contributed by atoms with Crippen molar-refractivity contribution in [3.05, 3.63) is 50.6 Å². The second-order valence-corrected chi connectivity index (χ2v) is 6.79. The number of halogens is 1. The Morgan fingerprint density at radius 1 is 1.32 bits per heavy atom. The third kappa shape index (κ3) is 4.06. The summed E-state index contributed by atoms with van der Waals surface area (Å²) in [5, 5.41) is 5.73. The van der Waals surface area contributed by atoms with Crippen LogP contribution in [0.4, 0.5) is 5.69 Å². The number of anilines is 1. The molecular formula is C15H19BrN2S. The number of hydrogen-bond acceptors (Lipinski definition) is 3. The van der Waals surface area contributed by atoms with Gasteiger partial charge in [-0.3, -0.25) is 0 Å². The predicted octanol–water partition coefficient (Wildman–Crippen LogP) is 4.75. The van der Waals surface area contributed by atoms with Gasteiger partial charge >= 0.3 is 0 Å². The van der Waals surface area contributed by atoms with Crippen LogP contribution in [0, 0.1) is 0 Å². The van der Waals surface area contributed by atoms with Gasteiger partial charge in [0.1, 0.15) is 0 Å². The Morgan fingerprint density at radius 2 is 2.05 bits per heavy atom. The van der Waals surface area contributed by atoms with Crippen LogP contribution in [0.2, 0.25) is 0 Å². The average molecular weight is 339 g/mol. The van der Waals surface area contributed by atoms with E-state index in [1.807, 2.05) is 0 Å². The molecule has 1 heterocycles. The van der Waals surface area contributed by atoms with E-state index in [1.165, 1.54) is 16.1 Å². The monoisotopic (exact) mass is 338 g/mol. The molecule has 1 atom stereocenters. The molecule has 2 rings (SSSR count). The molecule has 0 saturated carbocycles. The van der Waals surface area contributed by atoms with Crippen LogP contribution in [0.15, 0.2) is 40.2 Å². The van der Waals surface area contributed by atoms with Crippen LogP contribution in [0.25, 0.3) is 0 Å². The number of benzene rings is 1. The van der Waals surface area contributed by atoms with E-state index < -0.39 is 0 Å². The molecule has 0 spiro atoms. The molecule has 0 aliphatic heterocycles. The van der Waals surface area contributed by atoms with Crippen LogP contribution in [-0.2, 0) is 6.54 Å². The zero-order chi connectivity index (χ0) is 13.8. The number of thiophene rings is 1.